The molecule has 1 atom stereocenters. The first-order valence-corrected chi connectivity index (χ1v) is 9.66. The molecule has 1 amide bonds. The SMILES string of the molecule is O=C(c1cccc(F)c1)N(Cc1ccc(F)cc1)C[C@@H]1CC(c2ccccc2)=NO1. The van der Waals surface area contributed by atoms with Crippen molar-refractivity contribution in [3.8, 4) is 0 Å². The quantitative estimate of drug-likeness (QED) is 0.590. The van der Waals surface area contributed by atoms with Gasteiger partial charge in [0.25, 0.3) is 5.91 Å². The third kappa shape index (κ3) is 4.71. The second kappa shape index (κ2) is 8.86. The predicted molar refractivity (Wildman–Crippen MR) is 110 cm³/mol. The monoisotopic (exact) mass is 406 g/mol. The van der Waals surface area contributed by atoms with Gasteiger partial charge in [-0.05, 0) is 41.5 Å². The third-order valence-corrected chi connectivity index (χ3v) is 4.91. The fourth-order valence-electron chi connectivity index (χ4n) is 3.41. The summed E-state index contributed by atoms with van der Waals surface area (Å²) < 4.78 is 26.9. The number of hydrogen-bond acceptors (Lipinski definition) is 3. The van der Waals surface area contributed by atoms with E-state index in [1.54, 1.807) is 23.1 Å². The molecule has 1 aliphatic rings. The number of carbonyl (C=O) groups is 1. The minimum Gasteiger partial charge on any atom is -0.390 e. The van der Waals surface area contributed by atoms with Gasteiger partial charge >= 0.3 is 0 Å². The Morgan fingerprint density at radius 2 is 1.73 bits per heavy atom. The highest BCUT2D eigenvalue weighted by Gasteiger charge is 2.27. The molecule has 4 nitrogen and oxygen atoms in total. The molecular weight excluding hydrogens is 386 g/mol. The zero-order valence-electron chi connectivity index (χ0n) is 16.2. The molecule has 0 fully saturated rings. The van der Waals surface area contributed by atoms with Crippen molar-refractivity contribution in [2.24, 2.45) is 5.16 Å². The van der Waals surface area contributed by atoms with Crippen LogP contribution in [-0.2, 0) is 11.4 Å². The van der Waals surface area contributed by atoms with E-state index in [1.807, 2.05) is 30.3 Å². The molecule has 3 aromatic carbocycles. The molecule has 0 aliphatic carbocycles. The first kappa shape index (κ1) is 19.8. The lowest BCUT2D eigenvalue weighted by Crippen LogP contribution is -2.37. The number of hydrogen-bond donors (Lipinski definition) is 0. The summed E-state index contributed by atoms with van der Waals surface area (Å²) in [6.45, 7) is 0.517. The van der Waals surface area contributed by atoms with Crippen LogP contribution in [0.5, 0.6) is 0 Å². The van der Waals surface area contributed by atoms with Crippen LogP contribution >= 0.6 is 0 Å². The summed E-state index contributed by atoms with van der Waals surface area (Å²) in [4.78, 5) is 20.3. The van der Waals surface area contributed by atoms with Gasteiger partial charge in [-0.3, -0.25) is 4.79 Å². The van der Waals surface area contributed by atoms with Crippen molar-refractivity contribution in [1.29, 1.82) is 0 Å². The molecule has 0 bridgehead atoms. The van der Waals surface area contributed by atoms with Gasteiger partial charge in [0.15, 0.2) is 6.10 Å². The smallest absolute Gasteiger partial charge is 0.254 e. The molecule has 0 saturated carbocycles. The summed E-state index contributed by atoms with van der Waals surface area (Å²) in [7, 11) is 0. The second-order valence-corrected chi connectivity index (χ2v) is 7.16. The fraction of sp³-hybridized carbons (Fsp3) is 0.167. The maximum Gasteiger partial charge on any atom is 0.254 e. The first-order valence-electron chi connectivity index (χ1n) is 9.66. The van der Waals surface area contributed by atoms with Crippen molar-refractivity contribution in [1.82, 2.24) is 4.90 Å². The number of rotatable bonds is 6. The van der Waals surface area contributed by atoms with E-state index in [4.69, 9.17) is 4.84 Å². The minimum atomic E-state index is -0.477. The molecule has 3 aromatic rings. The number of oxime groups is 1. The van der Waals surface area contributed by atoms with Gasteiger partial charge in [-0.2, -0.15) is 0 Å². The van der Waals surface area contributed by atoms with Crippen molar-refractivity contribution in [3.05, 3.63) is 107 Å². The molecule has 152 valence electrons. The molecule has 0 aromatic heterocycles. The number of halogens is 2. The third-order valence-electron chi connectivity index (χ3n) is 4.91. The lowest BCUT2D eigenvalue weighted by molar-refractivity contribution is 0.0405. The zero-order chi connectivity index (χ0) is 20.9. The summed E-state index contributed by atoms with van der Waals surface area (Å²) in [5.74, 6) is -1.15. The molecular formula is C24H20F2N2O2. The van der Waals surface area contributed by atoms with E-state index in [-0.39, 0.29) is 36.5 Å². The van der Waals surface area contributed by atoms with Crippen LogP contribution in [0.1, 0.15) is 27.9 Å². The first-order chi connectivity index (χ1) is 14.6. The molecule has 0 radical (unpaired) electrons. The van der Waals surface area contributed by atoms with Crippen molar-refractivity contribution in [3.63, 3.8) is 0 Å². The van der Waals surface area contributed by atoms with Crippen molar-refractivity contribution in [2.75, 3.05) is 6.54 Å². The lowest BCUT2D eigenvalue weighted by atomic mass is 10.0. The Balaban J connectivity index is 1.51. The molecule has 1 heterocycles. The largest absolute Gasteiger partial charge is 0.390 e. The Bertz CT molecular complexity index is 1050. The Morgan fingerprint density at radius 3 is 2.47 bits per heavy atom. The van der Waals surface area contributed by atoms with E-state index in [1.165, 1.54) is 30.3 Å². The Hall–Kier alpha value is -3.54. The van der Waals surface area contributed by atoms with Crippen molar-refractivity contribution >= 4 is 11.6 Å². The summed E-state index contributed by atoms with van der Waals surface area (Å²) in [5, 5.41) is 4.17. The normalized spacial score (nSPS) is 15.4. The highest BCUT2D eigenvalue weighted by Crippen LogP contribution is 2.20. The average Bonchev–Trinajstić information content (AvgIpc) is 3.23. The summed E-state index contributed by atoms with van der Waals surface area (Å²) in [6.07, 6.45) is 0.235. The van der Waals surface area contributed by atoms with Crippen LogP contribution in [0.15, 0.2) is 84.0 Å². The van der Waals surface area contributed by atoms with Crippen molar-refractivity contribution in [2.45, 2.75) is 19.1 Å². The van der Waals surface area contributed by atoms with Gasteiger partial charge in [0.2, 0.25) is 0 Å². The number of nitrogens with zero attached hydrogens (tertiary/aromatic N) is 2. The molecule has 4 rings (SSSR count). The highest BCUT2D eigenvalue weighted by molar-refractivity contribution is 6.01. The lowest BCUT2D eigenvalue weighted by Gasteiger charge is -2.25. The van der Waals surface area contributed by atoms with Gasteiger partial charge in [0.1, 0.15) is 11.6 Å². The minimum absolute atomic E-state index is 0.246. The van der Waals surface area contributed by atoms with E-state index >= 15 is 0 Å². The summed E-state index contributed by atoms with van der Waals surface area (Å²) in [6, 6.07) is 21.2. The number of amides is 1. The Labute approximate surface area is 173 Å². The van der Waals surface area contributed by atoms with Crippen LogP contribution in [0.4, 0.5) is 8.78 Å². The van der Waals surface area contributed by atoms with Gasteiger partial charge in [0, 0.05) is 18.5 Å². The fourth-order valence-corrected chi connectivity index (χ4v) is 3.41. The van der Waals surface area contributed by atoms with Crippen LogP contribution in [0.3, 0.4) is 0 Å². The zero-order valence-corrected chi connectivity index (χ0v) is 16.2. The maximum atomic E-state index is 13.7. The van der Waals surface area contributed by atoms with Crippen LogP contribution in [0.2, 0.25) is 0 Å². The molecule has 0 N–H and O–H groups in total. The molecule has 1 aliphatic heterocycles. The Kier molecular flexibility index (Phi) is 5.84. The molecule has 0 unspecified atom stereocenters. The predicted octanol–water partition coefficient (Wildman–Crippen LogP) is 4.80. The van der Waals surface area contributed by atoms with Gasteiger partial charge in [-0.25, -0.2) is 8.78 Å². The van der Waals surface area contributed by atoms with Gasteiger partial charge in [0.05, 0.1) is 12.3 Å². The van der Waals surface area contributed by atoms with Gasteiger partial charge in [-0.15, -0.1) is 0 Å². The molecule has 6 heteroatoms. The van der Waals surface area contributed by atoms with E-state index in [2.05, 4.69) is 5.16 Å². The van der Waals surface area contributed by atoms with Crippen LogP contribution < -0.4 is 0 Å². The van der Waals surface area contributed by atoms with Gasteiger partial charge in [-0.1, -0.05) is 53.7 Å². The molecule has 0 saturated heterocycles. The molecule has 30 heavy (non-hydrogen) atoms. The number of carbonyl (C=O) groups excluding carboxylic acids is 1. The standard InChI is InChI=1S/C24H20F2N2O2/c25-20-11-9-17(10-12-20)15-28(24(29)19-7-4-8-21(26)13-19)16-22-14-23(27-30-22)18-5-2-1-3-6-18/h1-13,22H,14-16H2/t22-/m0/s1. The highest BCUT2D eigenvalue weighted by atomic mass is 19.1. The maximum absolute atomic E-state index is 13.7. The summed E-state index contributed by atoms with van der Waals surface area (Å²) >= 11 is 0. The average molecular weight is 406 g/mol. The van der Waals surface area contributed by atoms with Crippen LogP contribution in [-0.4, -0.2) is 29.2 Å². The van der Waals surface area contributed by atoms with Crippen LogP contribution in [0.25, 0.3) is 0 Å². The van der Waals surface area contributed by atoms with Gasteiger partial charge < -0.3 is 9.74 Å². The van der Waals surface area contributed by atoms with E-state index < -0.39 is 5.82 Å². The van der Waals surface area contributed by atoms with Crippen molar-refractivity contribution < 1.29 is 18.4 Å². The number of benzene rings is 3. The molecule has 0 spiro atoms. The van der Waals surface area contributed by atoms with E-state index in [9.17, 15) is 13.6 Å². The Morgan fingerprint density at radius 1 is 0.967 bits per heavy atom. The topological polar surface area (TPSA) is 41.9 Å². The van der Waals surface area contributed by atoms with E-state index in [0.717, 1.165) is 16.8 Å². The summed E-state index contributed by atoms with van der Waals surface area (Å²) in [5.41, 5.74) is 2.81. The second-order valence-electron chi connectivity index (χ2n) is 7.16. The van der Waals surface area contributed by atoms with E-state index in [0.29, 0.717) is 6.42 Å². The van der Waals surface area contributed by atoms with Crippen LogP contribution in [0, 0.1) is 11.6 Å².